The van der Waals surface area contributed by atoms with E-state index in [4.69, 9.17) is 0 Å². The Morgan fingerprint density at radius 3 is 2.68 bits per heavy atom. The summed E-state index contributed by atoms with van der Waals surface area (Å²) < 4.78 is 24.9. The second kappa shape index (κ2) is 6.02. The van der Waals surface area contributed by atoms with Crippen LogP contribution in [0.4, 0.5) is 0 Å². The Bertz CT molecular complexity index is 517. The van der Waals surface area contributed by atoms with E-state index in [1.807, 2.05) is 10.8 Å². The topological polar surface area (TPSA) is 66.5 Å². The van der Waals surface area contributed by atoms with Crippen LogP contribution in [0.25, 0.3) is 0 Å². The Kier molecular flexibility index (Phi) is 4.59. The first-order valence-corrected chi connectivity index (χ1v) is 8.89. The molecule has 2 heterocycles. The molecule has 0 aliphatic carbocycles. The summed E-state index contributed by atoms with van der Waals surface area (Å²) in [6.07, 6.45) is 1.35. The van der Waals surface area contributed by atoms with E-state index >= 15 is 0 Å². The lowest BCUT2D eigenvalue weighted by Crippen LogP contribution is -2.46. The van der Waals surface area contributed by atoms with Crippen molar-refractivity contribution in [3.63, 3.8) is 0 Å². The molecule has 1 aromatic rings. The highest BCUT2D eigenvalue weighted by Crippen LogP contribution is 2.15. The molecule has 7 heteroatoms. The van der Waals surface area contributed by atoms with Crippen LogP contribution >= 0.6 is 11.3 Å². The van der Waals surface area contributed by atoms with E-state index in [1.54, 1.807) is 13.0 Å². The summed E-state index contributed by atoms with van der Waals surface area (Å²) in [6, 6.07) is 1.85. The zero-order valence-electron chi connectivity index (χ0n) is 10.8. The molecule has 5 nitrogen and oxygen atoms in total. The van der Waals surface area contributed by atoms with Gasteiger partial charge in [-0.25, -0.2) is 12.7 Å². The first-order valence-electron chi connectivity index (χ1n) is 6.34. The molecule has 1 aromatic heterocycles. The maximum atomic E-state index is 11.9. The summed E-state index contributed by atoms with van der Waals surface area (Å²) in [4.78, 5) is 11.9. The molecule has 2 rings (SSSR count). The Morgan fingerprint density at radius 2 is 2.16 bits per heavy atom. The lowest BCUT2D eigenvalue weighted by atomic mass is 10.1. The summed E-state index contributed by atoms with van der Waals surface area (Å²) in [5.41, 5.74) is 0.675. The first kappa shape index (κ1) is 14.5. The average molecular weight is 302 g/mol. The number of amides is 1. The van der Waals surface area contributed by atoms with Gasteiger partial charge in [0.25, 0.3) is 5.91 Å². The Hall–Kier alpha value is -0.920. The SMILES string of the molecule is CCS(=O)(=O)N1CCC(NC(=O)c2ccsc2)CC1. The van der Waals surface area contributed by atoms with Crippen LogP contribution in [0.3, 0.4) is 0 Å². The third-order valence-electron chi connectivity index (χ3n) is 3.33. The standard InChI is InChI=1S/C12H18N2O3S2/c1-2-19(16,17)14-6-3-11(4-7-14)13-12(15)10-5-8-18-9-10/h5,8-9,11H,2-4,6-7H2,1H3,(H,13,15). The lowest BCUT2D eigenvalue weighted by molar-refractivity contribution is 0.0924. The molecule has 0 unspecified atom stereocenters. The molecule has 1 aliphatic rings. The van der Waals surface area contributed by atoms with Crippen LogP contribution in [0, 0.1) is 0 Å². The van der Waals surface area contributed by atoms with Crippen LogP contribution in [0.1, 0.15) is 30.1 Å². The molecule has 1 aliphatic heterocycles. The van der Waals surface area contributed by atoms with Gasteiger partial charge in [0.2, 0.25) is 10.0 Å². The molecule has 0 bridgehead atoms. The fourth-order valence-electron chi connectivity index (χ4n) is 2.12. The fourth-order valence-corrected chi connectivity index (χ4v) is 3.89. The largest absolute Gasteiger partial charge is 0.349 e. The highest BCUT2D eigenvalue weighted by Gasteiger charge is 2.27. The van der Waals surface area contributed by atoms with Crippen molar-refractivity contribution in [3.05, 3.63) is 22.4 Å². The normalized spacial score (nSPS) is 18.4. The predicted molar refractivity (Wildman–Crippen MR) is 75.8 cm³/mol. The van der Waals surface area contributed by atoms with Gasteiger partial charge in [0.05, 0.1) is 5.75 Å². The van der Waals surface area contributed by atoms with E-state index in [0.717, 1.165) is 0 Å². The predicted octanol–water partition coefficient (Wildman–Crippen LogP) is 1.29. The molecular formula is C12H18N2O3S2. The van der Waals surface area contributed by atoms with E-state index in [-0.39, 0.29) is 17.7 Å². The van der Waals surface area contributed by atoms with Crippen LogP contribution in [-0.4, -0.2) is 43.5 Å². The van der Waals surface area contributed by atoms with Gasteiger partial charge < -0.3 is 5.32 Å². The van der Waals surface area contributed by atoms with Crippen molar-refractivity contribution in [2.45, 2.75) is 25.8 Å². The molecule has 1 N–H and O–H groups in total. The molecule has 1 saturated heterocycles. The van der Waals surface area contributed by atoms with Crippen LogP contribution in [0.15, 0.2) is 16.8 Å². The quantitative estimate of drug-likeness (QED) is 0.911. The third-order valence-corrected chi connectivity index (χ3v) is 5.90. The minimum Gasteiger partial charge on any atom is -0.349 e. The van der Waals surface area contributed by atoms with Crippen molar-refractivity contribution in [1.82, 2.24) is 9.62 Å². The van der Waals surface area contributed by atoms with Crippen molar-refractivity contribution in [3.8, 4) is 0 Å². The first-order chi connectivity index (χ1) is 9.03. The molecular weight excluding hydrogens is 284 g/mol. The second-order valence-electron chi connectivity index (χ2n) is 4.56. The maximum absolute atomic E-state index is 11.9. The van der Waals surface area contributed by atoms with Gasteiger partial charge in [0.15, 0.2) is 0 Å². The molecule has 106 valence electrons. The molecule has 0 saturated carbocycles. The highest BCUT2D eigenvalue weighted by atomic mass is 32.2. The minimum atomic E-state index is -3.09. The number of hydrogen-bond donors (Lipinski definition) is 1. The Morgan fingerprint density at radius 1 is 1.47 bits per heavy atom. The minimum absolute atomic E-state index is 0.0655. The molecule has 0 spiro atoms. The second-order valence-corrected chi connectivity index (χ2v) is 7.60. The molecule has 1 fully saturated rings. The van der Waals surface area contributed by atoms with Crippen LogP contribution in [-0.2, 0) is 10.0 Å². The molecule has 1 amide bonds. The number of carbonyl (C=O) groups excluding carboxylic acids is 1. The highest BCUT2D eigenvalue weighted by molar-refractivity contribution is 7.89. The summed E-state index contributed by atoms with van der Waals surface area (Å²) in [5.74, 6) is 0.0666. The van der Waals surface area contributed by atoms with E-state index in [2.05, 4.69) is 5.32 Å². The summed E-state index contributed by atoms with van der Waals surface area (Å²) in [5, 5.41) is 6.64. The van der Waals surface area contributed by atoms with Gasteiger partial charge in [0.1, 0.15) is 0 Å². The number of sulfonamides is 1. The van der Waals surface area contributed by atoms with Gasteiger partial charge in [0, 0.05) is 30.1 Å². The van der Waals surface area contributed by atoms with Crippen molar-refractivity contribution < 1.29 is 13.2 Å². The molecule has 0 atom stereocenters. The molecule has 19 heavy (non-hydrogen) atoms. The van der Waals surface area contributed by atoms with Gasteiger partial charge in [-0.05, 0) is 31.2 Å². The maximum Gasteiger partial charge on any atom is 0.252 e. The number of thiophene rings is 1. The summed E-state index contributed by atoms with van der Waals surface area (Å²) in [6.45, 7) is 2.63. The lowest BCUT2D eigenvalue weighted by Gasteiger charge is -2.31. The number of carbonyl (C=O) groups is 1. The number of hydrogen-bond acceptors (Lipinski definition) is 4. The average Bonchev–Trinajstić information content (AvgIpc) is 2.93. The fraction of sp³-hybridized carbons (Fsp3) is 0.583. The van der Waals surface area contributed by atoms with E-state index in [9.17, 15) is 13.2 Å². The van der Waals surface area contributed by atoms with E-state index < -0.39 is 10.0 Å². The van der Waals surface area contributed by atoms with Crippen molar-refractivity contribution >= 4 is 27.3 Å². The van der Waals surface area contributed by atoms with Crippen molar-refractivity contribution in [2.24, 2.45) is 0 Å². The Balaban J connectivity index is 1.86. The Labute approximate surface area is 117 Å². The van der Waals surface area contributed by atoms with Gasteiger partial charge in [-0.3, -0.25) is 4.79 Å². The zero-order chi connectivity index (χ0) is 13.9. The zero-order valence-corrected chi connectivity index (χ0v) is 12.5. The van der Waals surface area contributed by atoms with Crippen LogP contribution in [0.5, 0.6) is 0 Å². The van der Waals surface area contributed by atoms with E-state index in [1.165, 1.54) is 15.6 Å². The third kappa shape index (κ3) is 3.55. The van der Waals surface area contributed by atoms with Gasteiger partial charge >= 0.3 is 0 Å². The molecule has 0 radical (unpaired) electrons. The number of piperidine rings is 1. The van der Waals surface area contributed by atoms with Gasteiger partial charge in [-0.15, -0.1) is 0 Å². The smallest absolute Gasteiger partial charge is 0.252 e. The van der Waals surface area contributed by atoms with E-state index in [0.29, 0.717) is 31.5 Å². The number of nitrogens with zero attached hydrogens (tertiary/aromatic N) is 1. The van der Waals surface area contributed by atoms with Crippen LogP contribution < -0.4 is 5.32 Å². The summed E-state index contributed by atoms with van der Waals surface area (Å²) in [7, 11) is -3.09. The van der Waals surface area contributed by atoms with Gasteiger partial charge in [-0.2, -0.15) is 11.3 Å². The number of rotatable bonds is 4. The molecule has 0 aromatic carbocycles. The van der Waals surface area contributed by atoms with Gasteiger partial charge in [-0.1, -0.05) is 0 Å². The monoisotopic (exact) mass is 302 g/mol. The summed E-state index contributed by atoms with van der Waals surface area (Å²) >= 11 is 1.49. The van der Waals surface area contributed by atoms with Crippen molar-refractivity contribution in [1.29, 1.82) is 0 Å². The number of nitrogens with one attached hydrogen (secondary N) is 1. The van der Waals surface area contributed by atoms with Crippen LogP contribution in [0.2, 0.25) is 0 Å². The van der Waals surface area contributed by atoms with Crippen molar-refractivity contribution in [2.75, 3.05) is 18.8 Å².